The Kier molecular flexibility index (Phi) is 22.2. The second-order valence-electron chi connectivity index (χ2n) is 3.84. The first-order chi connectivity index (χ1) is 8.33. The minimum atomic E-state index is 0.831. The van der Waals surface area contributed by atoms with Crippen LogP contribution in [-0.2, 0) is 9.47 Å². The Hall–Kier alpha value is -0.920. The molecule has 0 bridgehead atoms. The SMILES string of the molecule is C=COCCCCC.C=COCCCCCC. The van der Waals surface area contributed by atoms with E-state index >= 15 is 0 Å². The molecule has 2 nitrogen and oxygen atoms in total. The van der Waals surface area contributed by atoms with Crippen molar-refractivity contribution in [1.82, 2.24) is 0 Å². The van der Waals surface area contributed by atoms with Crippen molar-refractivity contribution in [2.45, 2.75) is 58.8 Å². The lowest BCUT2D eigenvalue weighted by Gasteiger charge is -1.97. The van der Waals surface area contributed by atoms with Gasteiger partial charge in [-0.05, 0) is 12.8 Å². The molecule has 0 unspecified atom stereocenters. The third-order valence-electron chi connectivity index (χ3n) is 2.22. The van der Waals surface area contributed by atoms with Crippen LogP contribution in [0.1, 0.15) is 58.8 Å². The van der Waals surface area contributed by atoms with Crippen molar-refractivity contribution in [3.63, 3.8) is 0 Å². The summed E-state index contributed by atoms with van der Waals surface area (Å²) >= 11 is 0. The van der Waals surface area contributed by atoms with E-state index in [9.17, 15) is 0 Å². The van der Waals surface area contributed by atoms with Crippen molar-refractivity contribution < 1.29 is 9.47 Å². The molecule has 17 heavy (non-hydrogen) atoms. The molecule has 0 saturated carbocycles. The fraction of sp³-hybridized carbons (Fsp3) is 0.733. The molecule has 0 aromatic heterocycles. The summed E-state index contributed by atoms with van der Waals surface area (Å²) in [5.41, 5.74) is 0. The molecule has 0 amide bonds. The van der Waals surface area contributed by atoms with Crippen LogP contribution in [0.15, 0.2) is 25.7 Å². The molecule has 0 aliphatic heterocycles. The monoisotopic (exact) mass is 242 g/mol. The van der Waals surface area contributed by atoms with Crippen LogP contribution < -0.4 is 0 Å². The quantitative estimate of drug-likeness (QED) is 0.372. The Balaban J connectivity index is 0. The third kappa shape index (κ3) is 25.4. The van der Waals surface area contributed by atoms with Gasteiger partial charge in [-0.3, -0.25) is 0 Å². The van der Waals surface area contributed by atoms with Gasteiger partial charge in [0.25, 0.3) is 0 Å². The molecule has 0 atom stereocenters. The molecule has 0 aromatic rings. The van der Waals surface area contributed by atoms with Crippen LogP contribution in [0.25, 0.3) is 0 Å². The molecule has 0 aliphatic rings. The maximum absolute atomic E-state index is 4.94. The highest BCUT2D eigenvalue weighted by Crippen LogP contribution is 1.98. The van der Waals surface area contributed by atoms with Gasteiger partial charge in [-0.25, -0.2) is 0 Å². The number of rotatable bonds is 11. The largest absolute Gasteiger partial charge is 0.502 e. The van der Waals surface area contributed by atoms with Gasteiger partial charge in [-0.2, -0.15) is 0 Å². The Morgan fingerprint density at radius 1 is 0.706 bits per heavy atom. The van der Waals surface area contributed by atoms with Gasteiger partial charge in [-0.15, -0.1) is 0 Å². The van der Waals surface area contributed by atoms with E-state index in [-0.39, 0.29) is 0 Å². The summed E-state index contributed by atoms with van der Waals surface area (Å²) in [7, 11) is 0. The van der Waals surface area contributed by atoms with Crippen molar-refractivity contribution in [2.24, 2.45) is 0 Å². The van der Waals surface area contributed by atoms with E-state index in [4.69, 9.17) is 9.47 Å². The summed E-state index contributed by atoms with van der Waals surface area (Å²) in [5, 5.41) is 0. The zero-order valence-corrected chi connectivity index (χ0v) is 11.7. The zero-order chi connectivity index (χ0) is 13.2. The van der Waals surface area contributed by atoms with Crippen molar-refractivity contribution >= 4 is 0 Å². The number of hydrogen-bond donors (Lipinski definition) is 0. The number of ether oxygens (including phenoxy) is 2. The number of unbranched alkanes of at least 4 members (excludes halogenated alkanes) is 5. The molecule has 0 spiro atoms. The van der Waals surface area contributed by atoms with E-state index in [1.807, 2.05) is 0 Å². The summed E-state index contributed by atoms with van der Waals surface area (Å²) in [5.74, 6) is 0. The van der Waals surface area contributed by atoms with Crippen LogP contribution >= 0.6 is 0 Å². The van der Waals surface area contributed by atoms with E-state index < -0.39 is 0 Å². The Labute approximate surface area is 108 Å². The number of hydrogen-bond acceptors (Lipinski definition) is 2. The standard InChI is InChI=1S/C8H16O.C7H14O/c1-3-5-6-7-8-9-4-2;1-3-5-6-7-8-4-2/h4H,2-3,5-8H2,1H3;4H,2-3,5-7H2,1H3. The summed E-state index contributed by atoms with van der Waals surface area (Å²) in [4.78, 5) is 0. The van der Waals surface area contributed by atoms with E-state index in [2.05, 4.69) is 27.0 Å². The Morgan fingerprint density at radius 2 is 1.12 bits per heavy atom. The third-order valence-corrected chi connectivity index (χ3v) is 2.22. The van der Waals surface area contributed by atoms with Crippen LogP contribution in [0.3, 0.4) is 0 Å². The average molecular weight is 242 g/mol. The lowest BCUT2D eigenvalue weighted by molar-refractivity contribution is 0.242. The fourth-order valence-electron chi connectivity index (χ4n) is 1.21. The molecular weight excluding hydrogens is 212 g/mol. The summed E-state index contributed by atoms with van der Waals surface area (Å²) in [6, 6.07) is 0. The van der Waals surface area contributed by atoms with E-state index in [1.165, 1.54) is 51.0 Å². The van der Waals surface area contributed by atoms with Crippen LogP contribution in [0.4, 0.5) is 0 Å². The highest BCUT2D eigenvalue weighted by atomic mass is 16.5. The van der Waals surface area contributed by atoms with Gasteiger partial charge in [0.1, 0.15) is 0 Å². The summed E-state index contributed by atoms with van der Waals surface area (Å²) in [6.07, 6.45) is 11.7. The molecule has 0 fully saturated rings. The van der Waals surface area contributed by atoms with E-state index in [1.54, 1.807) is 0 Å². The lowest BCUT2D eigenvalue weighted by atomic mass is 10.2. The van der Waals surface area contributed by atoms with Crippen LogP contribution in [-0.4, -0.2) is 13.2 Å². The van der Waals surface area contributed by atoms with Crippen molar-refractivity contribution in [2.75, 3.05) is 13.2 Å². The van der Waals surface area contributed by atoms with Gasteiger partial charge in [0, 0.05) is 0 Å². The molecule has 0 radical (unpaired) electrons. The first kappa shape index (κ1) is 18.4. The minimum absolute atomic E-state index is 0.831. The Morgan fingerprint density at radius 3 is 1.53 bits per heavy atom. The van der Waals surface area contributed by atoms with Crippen LogP contribution in [0.2, 0.25) is 0 Å². The lowest BCUT2D eigenvalue weighted by Crippen LogP contribution is -1.86. The van der Waals surface area contributed by atoms with Gasteiger partial charge in [0.2, 0.25) is 0 Å². The van der Waals surface area contributed by atoms with Crippen LogP contribution in [0, 0.1) is 0 Å². The zero-order valence-electron chi connectivity index (χ0n) is 11.7. The predicted octanol–water partition coefficient (Wildman–Crippen LogP) is 5.06. The maximum atomic E-state index is 4.94. The fourth-order valence-corrected chi connectivity index (χ4v) is 1.21. The second kappa shape index (κ2) is 20.5. The normalized spacial score (nSPS) is 8.82. The smallest absolute Gasteiger partial charge is 0.0873 e. The topological polar surface area (TPSA) is 18.5 Å². The van der Waals surface area contributed by atoms with Gasteiger partial charge in [0.05, 0.1) is 25.7 Å². The molecule has 0 heterocycles. The molecule has 0 aliphatic carbocycles. The van der Waals surface area contributed by atoms with E-state index in [0.717, 1.165) is 19.6 Å². The van der Waals surface area contributed by atoms with Gasteiger partial charge in [-0.1, -0.05) is 59.1 Å². The predicted molar refractivity (Wildman–Crippen MR) is 76.0 cm³/mol. The van der Waals surface area contributed by atoms with Gasteiger partial charge in [0.15, 0.2) is 0 Å². The van der Waals surface area contributed by atoms with Crippen LogP contribution in [0.5, 0.6) is 0 Å². The minimum Gasteiger partial charge on any atom is -0.502 e. The average Bonchev–Trinajstić information content (AvgIpc) is 2.36. The van der Waals surface area contributed by atoms with Gasteiger partial charge >= 0.3 is 0 Å². The second-order valence-corrected chi connectivity index (χ2v) is 3.84. The first-order valence-electron chi connectivity index (χ1n) is 6.78. The first-order valence-corrected chi connectivity index (χ1v) is 6.78. The summed E-state index contributed by atoms with van der Waals surface area (Å²) < 4.78 is 9.84. The molecular formula is C15H30O2. The van der Waals surface area contributed by atoms with Crippen molar-refractivity contribution in [3.8, 4) is 0 Å². The van der Waals surface area contributed by atoms with Crippen molar-refractivity contribution in [1.29, 1.82) is 0 Å². The molecule has 0 saturated heterocycles. The Bertz CT molecular complexity index is 144. The van der Waals surface area contributed by atoms with Gasteiger partial charge < -0.3 is 9.47 Å². The summed E-state index contributed by atoms with van der Waals surface area (Å²) in [6.45, 7) is 12.9. The highest BCUT2D eigenvalue weighted by Gasteiger charge is 1.84. The molecule has 0 rings (SSSR count). The molecule has 0 aromatic carbocycles. The van der Waals surface area contributed by atoms with Crippen molar-refractivity contribution in [3.05, 3.63) is 25.7 Å². The molecule has 102 valence electrons. The molecule has 2 heteroatoms. The maximum Gasteiger partial charge on any atom is 0.0873 e. The highest BCUT2D eigenvalue weighted by molar-refractivity contribution is 4.49. The molecule has 0 N–H and O–H groups in total. The van der Waals surface area contributed by atoms with E-state index in [0.29, 0.717) is 0 Å².